The lowest BCUT2D eigenvalue weighted by Crippen LogP contribution is -2.43. The zero-order valence-electron chi connectivity index (χ0n) is 10.9. The van der Waals surface area contributed by atoms with E-state index >= 15 is 0 Å². The van der Waals surface area contributed by atoms with Crippen molar-refractivity contribution < 1.29 is 13.5 Å². The minimum Gasteiger partial charge on any atom is -0.396 e. The van der Waals surface area contributed by atoms with Crippen LogP contribution in [0, 0.1) is 5.92 Å². The minimum atomic E-state index is -3.66. The molecule has 0 bridgehead atoms. The molecule has 4 nitrogen and oxygen atoms in total. The minimum absolute atomic E-state index is 0.00125. The van der Waals surface area contributed by atoms with Gasteiger partial charge < -0.3 is 5.11 Å². The average Bonchev–Trinajstić information content (AvgIpc) is 2.38. The van der Waals surface area contributed by atoms with Crippen LogP contribution in [0.1, 0.15) is 25.7 Å². The van der Waals surface area contributed by atoms with Crippen molar-refractivity contribution in [2.45, 2.75) is 36.6 Å². The van der Waals surface area contributed by atoms with Gasteiger partial charge in [-0.05, 0) is 37.0 Å². The molecule has 1 aromatic carbocycles. The van der Waals surface area contributed by atoms with Gasteiger partial charge in [0.25, 0.3) is 0 Å². The Bertz CT molecular complexity index is 579. The van der Waals surface area contributed by atoms with Gasteiger partial charge >= 0.3 is 0 Å². The molecule has 2 rings (SSSR count). The molecule has 1 aliphatic carbocycles. The number of benzene rings is 1. The Morgan fingerprint density at radius 3 is 2.70 bits per heavy atom. The normalized spacial score (nSPS) is 23.8. The largest absolute Gasteiger partial charge is 0.396 e. The Morgan fingerprint density at radius 1 is 1.35 bits per heavy atom. The monoisotopic (exact) mass is 381 g/mol. The summed E-state index contributed by atoms with van der Waals surface area (Å²) in [6, 6.07) is 4.45. The molecule has 2 atom stereocenters. The van der Waals surface area contributed by atoms with Gasteiger partial charge in [0.2, 0.25) is 10.0 Å². The molecule has 2 N–H and O–H groups in total. The summed E-state index contributed by atoms with van der Waals surface area (Å²) in [4.78, 5) is 0.0737. The fourth-order valence-electron chi connectivity index (χ4n) is 2.54. The first-order valence-electron chi connectivity index (χ1n) is 6.52. The first kappa shape index (κ1) is 16.2. The average molecular weight is 383 g/mol. The van der Waals surface area contributed by atoms with Crippen LogP contribution in [-0.2, 0) is 10.0 Å². The molecular formula is C13H17BrClNO3S. The third kappa shape index (κ3) is 3.74. The van der Waals surface area contributed by atoms with Crippen molar-refractivity contribution in [2.24, 2.45) is 5.92 Å². The second-order valence-electron chi connectivity index (χ2n) is 5.03. The Labute approximate surface area is 132 Å². The van der Waals surface area contributed by atoms with Crippen LogP contribution >= 0.6 is 27.5 Å². The summed E-state index contributed by atoms with van der Waals surface area (Å²) in [6.45, 7) is 0.00125. The van der Waals surface area contributed by atoms with Crippen molar-refractivity contribution in [2.75, 3.05) is 6.61 Å². The Morgan fingerprint density at radius 2 is 2.05 bits per heavy atom. The van der Waals surface area contributed by atoms with Gasteiger partial charge in [-0.2, -0.15) is 0 Å². The van der Waals surface area contributed by atoms with E-state index < -0.39 is 10.0 Å². The summed E-state index contributed by atoms with van der Waals surface area (Å²) in [5.74, 6) is -0.0206. The molecule has 0 spiro atoms. The van der Waals surface area contributed by atoms with Crippen molar-refractivity contribution >= 4 is 37.6 Å². The van der Waals surface area contributed by atoms with Gasteiger partial charge in [0.05, 0.1) is 5.02 Å². The number of rotatable bonds is 4. The topological polar surface area (TPSA) is 66.4 Å². The highest BCUT2D eigenvalue weighted by molar-refractivity contribution is 9.10. The molecule has 1 aliphatic rings. The third-order valence-electron chi connectivity index (χ3n) is 3.63. The van der Waals surface area contributed by atoms with Crippen molar-refractivity contribution in [3.05, 3.63) is 27.7 Å². The highest BCUT2D eigenvalue weighted by Gasteiger charge is 2.29. The molecular weight excluding hydrogens is 366 g/mol. The molecule has 0 amide bonds. The molecule has 0 heterocycles. The van der Waals surface area contributed by atoms with Gasteiger partial charge in [0.15, 0.2) is 0 Å². The quantitative estimate of drug-likeness (QED) is 0.841. The second-order valence-corrected chi connectivity index (χ2v) is 8.03. The highest BCUT2D eigenvalue weighted by Crippen LogP contribution is 2.28. The van der Waals surface area contributed by atoms with Crippen LogP contribution in [0.15, 0.2) is 27.6 Å². The standard InChI is InChI=1S/C13H17BrClNO3S/c14-10-5-6-13(11(15)7-10)20(18,19)16-12-4-2-1-3-9(12)8-17/h5-7,9,12,16-17H,1-4,8H2. The molecule has 1 aromatic rings. The van der Waals surface area contributed by atoms with Crippen LogP contribution in [0.2, 0.25) is 5.02 Å². The van der Waals surface area contributed by atoms with Crippen molar-refractivity contribution in [1.29, 1.82) is 0 Å². The molecule has 0 aromatic heterocycles. The zero-order chi connectivity index (χ0) is 14.8. The Kier molecular flexibility index (Phi) is 5.48. The van der Waals surface area contributed by atoms with E-state index in [1.807, 2.05) is 0 Å². The number of hydrogen-bond acceptors (Lipinski definition) is 3. The number of aliphatic hydroxyl groups is 1. The van der Waals surface area contributed by atoms with Gasteiger partial charge in [-0.3, -0.25) is 0 Å². The van der Waals surface area contributed by atoms with E-state index in [1.165, 1.54) is 6.07 Å². The third-order valence-corrected chi connectivity index (χ3v) is 6.10. The van der Waals surface area contributed by atoms with Gasteiger partial charge in [-0.1, -0.05) is 40.4 Å². The van der Waals surface area contributed by atoms with Crippen LogP contribution in [-0.4, -0.2) is 26.2 Å². The fraction of sp³-hybridized carbons (Fsp3) is 0.538. The van der Waals surface area contributed by atoms with Crippen molar-refractivity contribution in [1.82, 2.24) is 4.72 Å². The maximum atomic E-state index is 12.4. The number of nitrogens with one attached hydrogen (secondary N) is 1. The lowest BCUT2D eigenvalue weighted by Gasteiger charge is -2.30. The molecule has 0 aliphatic heterocycles. The van der Waals surface area contributed by atoms with E-state index in [-0.39, 0.29) is 28.5 Å². The van der Waals surface area contributed by atoms with Crippen molar-refractivity contribution in [3.63, 3.8) is 0 Å². The summed E-state index contributed by atoms with van der Waals surface area (Å²) in [5, 5.41) is 9.54. The van der Waals surface area contributed by atoms with E-state index in [1.54, 1.807) is 12.1 Å². The summed E-state index contributed by atoms with van der Waals surface area (Å²) in [6.07, 6.45) is 3.59. The number of hydrogen-bond donors (Lipinski definition) is 2. The van der Waals surface area contributed by atoms with E-state index in [9.17, 15) is 13.5 Å². The maximum Gasteiger partial charge on any atom is 0.242 e. The van der Waals surface area contributed by atoms with Crippen LogP contribution < -0.4 is 4.72 Å². The molecule has 20 heavy (non-hydrogen) atoms. The number of halogens is 2. The summed E-state index contributed by atoms with van der Waals surface area (Å²) < 4.78 is 28.2. The number of sulfonamides is 1. The zero-order valence-corrected chi connectivity index (χ0v) is 14.0. The van der Waals surface area contributed by atoms with E-state index in [0.717, 1.165) is 30.2 Å². The van der Waals surface area contributed by atoms with Crippen LogP contribution in [0.3, 0.4) is 0 Å². The van der Waals surface area contributed by atoms with Crippen LogP contribution in [0.25, 0.3) is 0 Å². The van der Waals surface area contributed by atoms with E-state index in [4.69, 9.17) is 11.6 Å². The highest BCUT2D eigenvalue weighted by atomic mass is 79.9. The fourth-order valence-corrected chi connectivity index (χ4v) is 4.91. The predicted octanol–water partition coefficient (Wildman–Crippen LogP) is 2.93. The van der Waals surface area contributed by atoms with Crippen LogP contribution in [0.5, 0.6) is 0 Å². The Hall–Kier alpha value is -0.140. The molecule has 2 unspecified atom stereocenters. The van der Waals surface area contributed by atoms with Gasteiger partial charge in [0.1, 0.15) is 4.90 Å². The maximum absolute atomic E-state index is 12.4. The predicted molar refractivity (Wildman–Crippen MR) is 82.3 cm³/mol. The molecule has 1 saturated carbocycles. The lowest BCUT2D eigenvalue weighted by molar-refractivity contribution is 0.164. The molecule has 112 valence electrons. The summed E-state index contributed by atoms with van der Waals surface area (Å²) in [7, 11) is -3.66. The van der Waals surface area contributed by atoms with E-state index in [0.29, 0.717) is 0 Å². The van der Waals surface area contributed by atoms with Crippen LogP contribution in [0.4, 0.5) is 0 Å². The number of aliphatic hydroxyl groups excluding tert-OH is 1. The Balaban J connectivity index is 2.22. The molecule has 1 fully saturated rings. The summed E-state index contributed by atoms with van der Waals surface area (Å²) >= 11 is 9.25. The molecule has 7 heteroatoms. The van der Waals surface area contributed by atoms with Gasteiger partial charge in [-0.15, -0.1) is 0 Å². The second kappa shape index (κ2) is 6.75. The SMILES string of the molecule is O=S(=O)(NC1CCCCC1CO)c1ccc(Br)cc1Cl. The smallest absolute Gasteiger partial charge is 0.242 e. The first-order chi connectivity index (χ1) is 9.44. The summed E-state index contributed by atoms with van der Waals surface area (Å²) in [5.41, 5.74) is 0. The van der Waals surface area contributed by atoms with Gasteiger partial charge in [0, 0.05) is 17.1 Å². The molecule has 0 saturated heterocycles. The van der Waals surface area contributed by atoms with E-state index in [2.05, 4.69) is 20.7 Å². The first-order valence-corrected chi connectivity index (χ1v) is 9.17. The van der Waals surface area contributed by atoms with Gasteiger partial charge in [-0.25, -0.2) is 13.1 Å². The van der Waals surface area contributed by atoms with Crippen molar-refractivity contribution in [3.8, 4) is 0 Å². The molecule has 0 radical (unpaired) electrons. The lowest BCUT2D eigenvalue weighted by atomic mass is 9.86.